The van der Waals surface area contributed by atoms with Gasteiger partial charge in [0, 0.05) is 43.1 Å². The molecule has 0 saturated heterocycles. The summed E-state index contributed by atoms with van der Waals surface area (Å²) in [4.78, 5) is 24.3. The van der Waals surface area contributed by atoms with Crippen LogP contribution in [0.2, 0.25) is 0 Å². The van der Waals surface area contributed by atoms with Gasteiger partial charge in [-0.25, -0.2) is 9.97 Å². The Morgan fingerprint density at radius 1 is 1.22 bits per heavy atom. The molecule has 0 spiro atoms. The number of fused-ring (bicyclic) bond motifs is 1. The number of nitrogens with one attached hydrogen (secondary N) is 2. The molecule has 2 aromatic heterocycles. The first-order valence-electron chi connectivity index (χ1n) is 8.96. The largest absolute Gasteiger partial charge is 0.396 e. The molecule has 1 aliphatic heterocycles. The second-order valence-electron chi connectivity index (χ2n) is 6.59. The van der Waals surface area contributed by atoms with Gasteiger partial charge in [-0.2, -0.15) is 0 Å². The zero-order chi connectivity index (χ0) is 18.8. The van der Waals surface area contributed by atoms with Crippen molar-refractivity contribution in [3.63, 3.8) is 0 Å². The maximum Gasteiger partial charge on any atom is 0.253 e. The Labute approximate surface area is 156 Å². The second-order valence-corrected chi connectivity index (χ2v) is 6.59. The van der Waals surface area contributed by atoms with E-state index in [1.54, 1.807) is 6.20 Å². The van der Waals surface area contributed by atoms with Crippen molar-refractivity contribution in [2.24, 2.45) is 5.73 Å². The molecule has 5 N–H and O–H groups in total. The van der Waals surface area contributed by atoms with E-state index in [2.05, 4.69) is 20.3 Å². The van der Waals surface area contributed by atoms with Crippen LogP contribution in [0.15, 0.2) is 42.6 Å². The van der Waals surface area contributed by atoms with Gasteiger partial charge in [-0.3, -0.25) is 4.79 Å². The molecule has 1 aromatic carbocycles. The molecule has 0 fully saturated rings. The van der Waals surface area contributed by atoms with Gasteiger partial charge in [-0.15, -0.1) is 0 Å². The summed E-state index contributed by atoms with van der Waals surface area (Å²) in [5.74, 6) is 0.551. The van der Waals surface area contributed by atoms with Crippen molar-refractivity contribution in [2.45, 2.75) is 18.9 Å². The molecule has 0 aliphatic carbocycles. The molecule has 1 amide bonds. The number of aliphatic hydroxyl groups excluding tert-OH is 1. The number of hydrogen-bond acceptors (Lipinski definition) is 5. The molecule has 1 atom stereocenters. The van der Waals surface area contributed by atoms with E-state index in [9.17, 15) is 4.79 Å². The topological polar surface area (TPSA) is 117 Å². The molecular weight excluding hydrogens is 342 g/mol. The predicted octanol–water partition coefficient (Wildman–Crippen LogP) is 1.81. The Hall–Kier alpha value is -3.03. The monoisotopic (exact) mass is 363 g/mol. The third kappa shape index (κ3) is 3.47. The van der Waals surface area contributed by atoms with Crippen molar-refractivity contribution < 1.29 is 9.90 Å². The molecule has 7 heteroatoms. The fourth-order valence-corrected chi connectivity index (χ4v) is 3.26. The molecule has 138 valence electrons. The minimum atomic E-state index is -0.187. The zero-order valence-corrected chi connectivity index (χ0v) is 14.8. The third-order valence-electron chi connectivity index (χ3n) is 4.77. The number of nitrogens with two attached hydrogens (primary N) is 1. The van der Waals surface area contributed by atoms with Crippen LogP contribution in [-0.2, 0) is 6.42 Å². The molecule has 3 heterocycles. The summed E-state index contributed by atoms with van der Waals surface area (Å²) in [5, 5.41) is 11.9. The Balaban J connectivity index is 1.62. The lowest BCUT2D eigenvalue weighted by Gasteiger charge is -2.11. The summed E-state index contributed by atoms with van der Waals surface area (Å²) < 4.78 is 0. The van der Waals surface area contributed by atoms with E-state index in [0.717, 1.165) is 34.6 Å². The molecule has 1 unspecified atom stereocenters. The van der Waals surface area contributed by atoms with Crippen molar-refractivity contribution in [3.05, 3.63) is 59.4 Å². The molecule has 0 bridgehead atoms. The number of aromatic amines is 1. The summed E-state index contributed by atoms with van der Waals surface area (Å²) in [6.45, 7) is 0.706. The fraction of sp³-hybridized carbons (Fsp3) is 0.250. The highest BCUT2D eigenvalue weighted by molar-refractivity contribution is 5.97. The van der Waals surface area contributed by atoms with Gasteiger partial charge in [0.25, 0.3) is 5.91 Å². The van der Waals surface area contributed by atoms with Crippen LogP contribution in [0.1, 0.15) is 34.1 Å². The zero-order valence-electron chi connectivity index (χ0n) is 14.8. The number of aromatic nitrogens is 3. The number of carbonyl (C=O) groups excluding carboxylic acids is 1. The Bertz CT molecular complexity index is 965. The molecule has 1 aliphatic rings. The number of aliphatic hydroxyl groups is 1. The van der Waals surface area contributed by atoms with Crippen LogP contribution in [0, 0.1) is 0 Å². The van der Waals surface area contributed by atoms with Gasteiger partial charge >= 0.3 is 0 Å². The minimum absolute atomic E-state index is 0.0529. The number of carbonyl (C=O) groups is 1. The maximum atomic E-state index is 12.0. The predicted molar refractivity (Wildman–Crippen MR) is 102 cm³/mol. The van der Waals surface area contributed by atoms with Crippen molar-refractivity contribution in [1.29, 1.82) is 0 Å². The molecule has 0 radical (unpaired) electrons. The Kier molecular flexibility index (Phi) is 4.70. The van der Waals surface area contributed by atoms with Crippen LogP contribution >= 0.6 is 0 Å². The van der Waals surface area contributed by atoms with Gasteiger partial charge in [-0.1, -0.05) is 24.3 Å². The number of amides is 1. The molecule has 7 nitrogen and oxygen atoms in total. The highest BCUT2D eigenvalue weighted by atomic mass is 16.3. The van der Waals surface area contributed by atoms with Crippen molar-refractivity contribution in [2.75, 3.05) is 13.2 Å². The van der Waals surface area contributed by atoms with E-state index in [-0.39, 0.29) is 18.6 Å². The van der Waals surface area contributed by atoms with Crippen LogP contribution in [0.5, 0.6) is 0 Å². The average molecular weight is 363 g/mol. The summed E-state index contributed by atoms with van der Waals surface area (Å²) in [6, 6.07) is 11.2. The van der Waals surface area contributed by atoms with Gasteiger partial charge in [0.15, 0.2) is 5.82 Å². The van der Waals surface area contributed by atoms with Gasteiger partial charge in [0.2, 0.25) is 0 Å². The lowest BCUT2D eigenvalue weighted by Crippen LogP contribution is -2.31. The van der Waals surface area contributed by atoms with E-state index in [0.29, 0.717) is 24.4 Å². The van der Waals surface area contributed by atoms with E-state index in [1.165, 1.54) is 0 Å². The Morgan fingerprint density at radius 2 is 2.04 bits per heavy atom. The Morgan fingerprint density at radius 3 is 2.78 bits per heavy atom. The van der Waals surface area contributed by atoms with Crippen molar-refractivity contribution >= 4 is 5.91 Å². The first-order chi connectivity index (χ1) is 13.2. The number of rotatable bonds is 5. The highest BCUT2D eigenvalue weighted by Gasteiger charge is 2.20. The van der Waals surface area contributed by atoms with E-state index >= 15 is 0 Å². The molecular formula is C20H21N5O2. The minimum Gasteiger partial charge on any atom is -0.396 e. The summed E-state index contributed by atoms with van der Waals surface area (Å²) in [6.07, 6.45) is 3.02. The van der Waals surface area contributed by atoms with Gasteiger partial charge in [0.05, 0.1) is 17.0 Å². The van der Waals surface area contributed by atoms with Gasteiger partial charge in [0.1, 0.15) is 0 Å². The van der Waals surface area contributed by atoms with Crippen LogP contribution in [0.25, 0.3) is 22.8 Å². The normalized spacial score (nSPS) is 14.5. The number of benzene rings is 1. The van der Waals surface area contributed by atoms with Gasteiger partial charge < -0.3 is 21.1 Å². The van der Waals surface area contributed by atoms with E-state index in [1.807, 2.05) is 36.4 Å². The standard InChI is InChI=1S/C20H21N5O2/c21-15(7-10-26)12-1-3-13(4-2-12)19-22-8-6-17(25-19)18-11-14-16(24-18)5-9-23-20(14)27/h1-4,6,8,11,15,24,26H,5,7,9-10,21H2,(H,23,27). The number of hydrogen-bond donors (Lipinski definition) is 4. The highest BCUT2D eigenvalue weighted by Crippen LogP contribution is 2.25. The maximum absolute atomic E-state index is 12.0. The SMILES string of the molecule is NC(CCO)c1ccc(-c2nccc(-c3cc4c([nH]3)CCNC4=O)n2)cc1. The number of H-pyrrole nitrogens is 1. The smallest absolute Gasteiger partial charge is 0.253 e. The molecule has 4 rings (SSSR count). The van der Waals surface area contributed by atoms with Crippen molar-refractivity contribution in [3.8, 4) is 22.8 Å². The van der Waals surface area contributed by atoms with Crippen LogP contribution < -0.4 is 11.1 Å². The quantitative estimate of drug-likeness (QED) is 0.551. The first kappa shape index (κ1) is 17.4. The van der Waals surface area contributed by atoms with Gasteiger partial charge in [-0.05, 0) is 24.1 Å². The van der Waals surface area contributed by atoms with Crippen LogP contribution in [0.3, 0.4) is 0 Å². The average Bonchev–Trinajstić information content (AvgIpc) is 3.14. The second kappa shape index (κ2) is 7.30. The third-order valence-corrected chi connectivity index (χ3v) is 4.77. The van der Waals surface area contributed by atoms with E-state index < -0.39 is 0 Å². The van der Waals surface area contributed by atoms with Crippen molar-refractivity contribution in [1.82, 2.24) is 20.3 Å². The van der Waals surface area contributed by atoms with E-state index in [4.69, 9.17) is 10.8 Å². The summed E-state index contributed by atoms with van der Waals surface area (Å²) in [5.41, 5.74) is 11.0. The first-order valence-corrected chi connectivity index (χ1v) is 8.96. The number of nitrogens with zero attached hydrogens (tertiary/aromatic N) is 2. The summed E-state index contributed by atoms with van der Waals surface area (Å²) in [7, 11) is 0. The molecule has 27 heavy (non-hydrogen) atoms. The lowest BCUT2D eigenvalue weighted by atomic mass is 10.0. The fourth-order valence-electron chi connectivity index (χ4n) is 3.26. The molecule has 3 aromatic rings. The van der Waals surface area contributed by atoms with Crippen LogP contribution in [-0.4, -0.2) is 39.1 Å². The van der Waals surface area contributed by atoms with Crippen LogP contribution in [0.4, 0.5) is 0 Å². The lowest BCUT2D eigenvalue weighted by molar-refractivity contribution is 0.0946. The summed E-state index contributed by atoms with van der Waals surface area (Å²) >= 11 is 0. The molecule has 0 saturated carbocycles.